The number of aliphatic hydroxyl groups is 1. The molecule has 5 heavy (non-hydrogen) atoms. The van der Waals surface area contributed by atoms with Crippen molar-refractivity contribution in [1.82, 2.24) is 0 Å². The van der Waals surface area contributed by atoms with Gasteiger partial charge in [0.15, 0.2) is 0 Å². The summed E-state index contributed by atoms with van der Waals surface area (Å²) >= 11 is 3.49. The van der Waals surface area contributed by atoms with Crippen LogP contribution in [0.4, 0.5) is 0 Å². The smallest absolute Gasteiger partial charge is 0.108 e. The Hall–Kier alpha value is -0.310. The van der Waals surface area contributed by atoms with Crippen LogP contribution in [0, 0.1) is 0 Å². The van der Waals surface area contributed by atoms with Crippen molar-refractivity contribution in [2.45, 2.75) is 0 Å². The number of hydrogen-bond acceptors (Lipinski definition) is 3. The lowest BCUT2D eigenvalue weighted by atomic mass is 11.0. The van der Waals surface area contributed by atoms with E-state index in [4.69, 9.17) is 10.8 Å². The summed E-state index contributed by atoms with van der Waals surface area (Å²) in [6.07, 6.45) is 0.725. The maximum absolute atomic E-state index is 7.78. The lowest BCUT2D eigenvalue weighted by Gasteiger charge is -1.74. The van der Waals surface area contributed by atoms with E-state index >= 15 is 0 Å². The Labute approximate surface area is 35.7 Å². The molecule has 0 fully saturated rings. The number of aliphatic hydroxyl groups excluding tert-OH is 1. The predicted octanol–water partition coefficient (Wildman–Crippen LogP) is 0.232. The zero-order valence-corrected chi connectivity index (χ0v) is 3.44. The molecule has 3 heteroatoms. The van der Waals surface area contributed by atoms with Gasteiger partial charge >= 0.3 is 0 Å². The quantitative estimate of drug-likeness (QED) is 0.295. The molecular weight excluding hydrogens is 86.1 g/mol. The molecule has 0 aliphatic rings. The Balaban J connectivity index is 3.14. The van der Waals surface area contributed by atoms with E-state index in [-0.39, 0.29) is 5.03 Å². The molecule has 0 amide bonds. The average molecular weight is 91.1 g/mol. The highest BCUT2D eigenvalue weighted by atomic mass is 32.1. The van der Waals surface area contributed by atoms with Crippen LogP contribution in [0.25, 0.3) is 0 Å². The molecule has 0 saturated heterocycles. The SMILES string of the molecule is NC(S)=CO. The van der Waals surface area contributed by atoms with Gasteiger partial charge in [-0.25, -0.2) is 0 Å². The van der Waals surface area contributed by atoms with E-state index in [0.717, 1.165) is 6.26 Å². The molecule has 0 rings (SSSR count). The molecule has 0 aliphatic heterocycles. The molecule has 0 heterocycles. The second kappa shape index (κ2) is 1.96. The van der Waals surface area contributed by atoms with Crippen molar-refractivity contribution in [2.24, 2.45) is 5.73 Å². The van der Waals surface area contributed by atoms with Crippen molar-refractivity contribution < 1.29 is 5.11 Å². The van der Waals surface area contributed by atoms with E-state index in [1.807, 2.05) is 0 Å². The van der Waals surface area contributed by atoms with Gasteiger partial charge in [-0.3, -0.25) is 0 Å². The van der Waals surface area contributed by atoms with Crippen molar-refractivity contribution >= 4 is 12.6 Å². The molecule has 0 aromatic rings. The van der Waals surface area contributed by atoms with Gasteiger partial charge in [-0.15, -0.1) is 12.6 Å². The molecule has 0 unspecified atom stereocenters. The van der Waals surface area contributed by atoms with Gasteiger partial charge in [0.2, 0.25) is 0 Å². The largest absolute Gasteiger partial charge is 0.513 e. The van der Waals surface area contributed by atoms with Gasteiger partial charge in [0.05, 0.1) is 5.03 Å². The first kappa shape index (κ1) is 4.69. The second-order valence-corrected chi connectivity index (χ2v) is 1.07. The molecule has 0 aliphatic carbocycles. The molecule has 0 atom stereocenters. The van der Waals surface area contributed by atoms with Crippen molar-refractivity contribution in [3.05, 3.63) is 11.3 Å². The van der Waals surface area contributed by atoms with E-state index in [9.17, 15) is 0 Å². The Kier molecular flexibility index (Phi) is 1.84. The van der Waals surface area contributed by atoms with Gasteiger partial charge in [-0.2, -0.15) is 0 Å². The van der Waals surface area contributed by atoms with Gasteiger partial charge < -0.3 is 10.8 Å². The molecule has 0 aromatic heterocycles. The third-order valence-electron chi connectivity index (χ3n) is 0.132. The van der Waals surface area contributed by atoms with Crippen molar-refractivity contribution in [1.29, 1.82) is 0 Å². The number of hydrogen-bond donors (Lipinski definition) is 3. The van der Waals surface area contributed by atoms with Crippen molar-refractivity contribution in [3.63, 3.8) is 0 Å². The van der Waals surface area contributed by atoms with E-state index in [2.05, 4.69) is 12.6 Å². The van der Waals surface area contributed by atoms with E-state index < -0.39 is 0 Å². The lowest BCUT2D eigenvalue weighted by Crippen LogP contribution is -1.84. The van der Waals surface area contributed by atoms with Crippen LogP contribution in [0.15, 0.2) is 11.3 Å². The monoisotopic (exact) mass is 91.0 g/mol. The van der Waals surface area contributed by atoms with E-state index in [1.54, 1.807) is 0 Å². The highest BCUT2D eigenvalue weighted by Gasteiger charge is 1.63. The van der Waals surface area contributed by atoms with Gasteiger partial charge in [0.1, 0.15) is 6.26 Å². The fourth-order valence-corrected chi connectivity index (χ4v) is 0. The molecule has 0 bridgehead atoms. The fraction of sp³-hybridized carbons (Fsp3) is 0. The molecule has 3 N–H and O–H groups in total. The van der Waals surface area contributed by atoms with Gasteiger partial charge in [0, 0.05) is 0 Å². The summed E-state index contributed by atoms with van der Waals surface area (Å²) < 4.78 is 0. The number of thiol groups is 1. The summed E-state index contributed by atoms with van der Waals surface area (Å²) in [5.74, 6) is 0. The Morgan fingerprint density at radius 1 is 2.00 bits per heavy atom. The highest BCUT2D eigenvalue weighted by molar-refractivity contribution is 7.84. The summed E-state index contributed by atoms with van der Waals surface area (Å²) in [6, 6.07) is 0. The summed E-state index contributed by atoms with van der Waals surface area (Å²) in [6.45, 7) is 0. The van der Waals surface area contributed by atoms with E-state index in [1.165, 1.54) is 0 Å². The second-order valence-electron chi connectivity index (χ2n) is 0.554. The topological polar surface area (TPSA) is 46.2 Å². The maximum Gasteiger partial charge on any atom is 0.108 e. The summed E-state index contributed by atoms with van der Waals surface area (Å²) in [7, 11) is 0. The van der Waals surface area contributed by atoms with Crippen LogP contribution in [0.2, 0.25) is 0 Å². The van der Waals surface area contributed by atoms with Crippen LogP contribution >= 0.6 is 12.6 Å². The lowest BCUT2D eigenvalue weighted by molar-refractivity contribution is 0.470. The zero-order chi connectivity index (χ0) is 4.28. The Morgan fingerprint density at radius 3 is 2.20 bits per heavy atom. The first-order valence-electron chi connectivity index (χ1n) is 1.06. The number of nitrogens with two attached hydrogens (primary N) is 1. The van der Waals surface area contributed by atoms with E-state index in [0.29, 0.717) is 0 Å². The first-order chi connectivity index (χ1) is 2.27. The fourth-order valence-electron chi connectivity index (χ4n) is 0. The minimum atomic E-state index is 0.130. The van der Waals surface area contributed by atoms with Crippen LogP contribution in [0.5, 0.6) is 0 Å². The van der Waals surface area contributed by atoms with Crippen LogP contribution in [-0.4, -0.2) is 5.11 Å². The van der Waals surface area contributed by atoms with Crippen LogP contribution < -0.4 is 5.73 Å². The number of rotatable bonds is 0. The normalized spacial score (nSPS) is 11.8. The highest BCUT2D eigenvalue weighted by Crippen LogP contribution is 1.80. The summed E-state index contributed by atoms with van der Waals surface area (Å²) in [5, 5.41) is 7.91. The van der Waals surface area contributed by atoms with Crippen molar-refractivity contribution in [2.75, 3.05) is 0 Å². The van der Waals surface area contributed by atoms with Crippen LogP contribution in [-0.2, 0) is 0 Å². The Bertz CT molecular complexity index is 47.6. The molecular formula is C2H5NOS. The van der Waals surface area contributed by atoms with Gasteiger partial charge in [-0.1, -0.05) is 0 Å². The summed E-state index contributed by atoms with van der Waals surface area (Å²) in [4.78, 5) is 0. The molecule has 0 spiro atoms. The molecule has 0 saturated carbocycles. The van der Waals surface area contributed by atoms with Crippen LogP contribution in [0.1, 0.15) is 0 Å². The molecule has 2 nitrogen and oxygen atoms in total. The molecule has 30 valence electrons. The average Bonchev–Trinajstić information content (AvgIpc) is 1.38. The van der Waals surface area contributed by atoms with Crippen LogP contribution in [0.3, 0.4) is 0 Å². The van der Waals surface area contributed by atoms with Gasteiger partial charge in [0.25, 0.3) is 0 Å². The predicted molar refractivity (Wildman–Crippen MR) is 23.9 cm³/mol. The van der Waals surface area contributed by atoms with Crippen molar-refractivity contribution in [3.8, 4) is 0 Å². The third kappa shape index (κ3) is 3.69. The zero-order valence-electron chi connectivity index (χ0n) is 2.55. The molecule has 0 radical (unpaired) electrons. The van der Waals surface area contributed by atoms with Gasteiger partial charge in [-0.05, 0) is 0 Å². The molecule has 0 aromatic carbocycles. The first-order valence-corrected chi connectivity index (χ1v) is 1.51. The standard InChI is InChI=1S/C2H5NOS/c3-2(5)1-4/h1,4-5H,3H2. The minimum Gasteiger partial charge on any atom is -0.513 e. The third-order valence-corrected chi connectivity index (χ3v) is 0.248. The maximum atomic E-state index is 7.78. The minimum absolute atomic E-state index is 0.130. The summed E-state index contributed by atoms with van der Waals surface area (Å²) in [5.41, 5.74) is 4.77. The Morgan fingerprint density at radius 2 is 2.20 bits per heavy atom.